The van der Waals surface area contributed by atoms with Gasteiger partial charge < -0.3 is 14.5 Å². The van der Waals surface area contributed by atoms with Crippen LogP contribution in [0.25, 0.3) is 0 Å². The molecule has 4 nitrogen and oxygen atoms in total. The quantitative estimate of drug-likeness (QED) is 0.775. The van der Waals surface area contributed by atoms with Crippen molar-refractivity contribution in [3.05, 3.63) is 58.8 Å². The van der Waals surface area contributed by atoms with Gasteiger partial charge in [0.05, 0.1) is 4.47 Å². The highest BCUT2D eigenvalue weighted by Crippen LogP contribution is 2.27. The van der Waals surface area contributed by atoms with Gasteiger partial charge >= 0.3 is 0 Å². The number of anilines is 1. The van der Waals surface area contributed by atoms with Gasteiger partial charge in [-0.25, -0.2) is 4.39 Å². The van der Waals surface area contributed by atoms with Crippen LogP contribution in [0.3, 0.4) is 0 Å². The summed E-state index contributed by atoms with van der Waals surface area (Å²) in [5.41, 5.74) is 1.18. The predicted octanol–water partition coefficient (Wildman–Crippen LogP) is 3.70. The minimum atomic E-state index is -0.620. The fourth-order valence-electron chi connectivity index (χ4n) is 2.89. The molecule has 0 aliphatic carbocycles. The zero-order chi connectivity index (χ0) is 17.8. The molecule has 132 valence electrons. The van der Waals surface area contributed by atoms with Crippen LogP contribution in [-0.4, -0.2) is 43.1 Å². The number of hydrogen-bond acceptors (Lipinski definition) is 3. The molecule has 0 aromatic heterocycles. The molecule has 1 saturated heterocycles. The van der Waals surface area contributed by atoms with Gasteiger partial charge in [-0.2, -0.15) is 0 Å². The smallest absolute Gasteiger partial charge is 0.263 e. The summed E-state index contributed by atoms with van der Waals surface area (Å²) in [6.45, 7) is 4.63. The first-order valence-corrected chi connectivity index (χ1v) is 9.04. The van der Waals surface area contributed by atoms with Crippen LogP contribution in [-0.2, 0) is 4.79 Å². The van der Waals surface area contributed by atoms with E-state index in [1.54, 1.807) is 6.92 Å². The molecule has 1 aliphatic heterocycles. The topological polar surface area (TPSA) is 32.8 Å². The second-order valence-electron chi connectivity index (χ2n) is 5.98. The number of ether oxygens (including phenoxy) is 1. The van der Waals surface area contributed by atoms with Crippen LogP contribution in [0, 0.1) is 5.82 Å². The Bertz CT molecular complexity index is 733. The third-order valence-corrected chi connectivity index (χ3v) is 4.88. The summed E-state index contributed by atoms with van der Waals surface area (Å²) in [7, 11) is 0. The average molecular weight is 407 g/mol. The Kier molecular flexibility index (Phi) is 5.58. The Hall–Kier alpha value is -2.08. The standard InChI is InChI=1S/C19H20BrFN2O2/c1-14(25-18-8-7-15(21)13-17(18)20)19(24)23-11-9-22(10-12-23)16-5-3-2-4-6-16/h2-8,13-14H,9-12H2,1H3. The number of rotatable bonds is 4. The lowest BCUT2D eigenvalue weighted by Crippen LogP contribution is -2.52. The summed E-state index contributed by atoms with van der Waals surface area (Å²) < 4.78 is 19.4. The molecule has 1 atom stereocenters. The third kappa shape index (κ3) is 4.31. The molecule has 6 heteroatoms. The van der Waals surface area contributed by atoms with Gasteiger partial charge in [-0.15, -0.1) is 0 Å². The Balaban J connectivity index is 1.56. The Morgan fingerprint density at radius 2 is 1.80 bits per heavy atom. The van der Waals surface area contributed by atoms with E-state index >= 15 is 0 Å². The second kappa shape index (κ2) is 7.87. The van der Waals surface area contributed by atoms with Gasteiger partial charge in [-0.05, 0) is 53.2 Å². The van der Waals surface area contributed by atoms with Crippen molar-refractivity contribution in [3.63, 3.8) is 0 Å². The van der Waals surface area contributed by atoms with Crippen LogP contribution >= 0.6 is 15.9 Å². The van der Waals surface area contributed by atoms with Crippen LogP contribution in [0.2, 0.25) is 0 Å². The van der Waals surface area contributed by atoms with E-state index in [0.717, 1.165) is 13.1 Å². The summed E-state index contributed by atoms with van der Waals surface area (Å²) >= 11 is 3.26. The van der Waals surface area contributed by atoms with Crippen molar-refractivity contribution in [1.29, 1.82) is 0 Å². The second-order valence-corrected chi connectivity index (χ2v) is 6.84. The Morgan fingerprint density at radius 3 is 2.44 bits per heavy atom. The molecule has 1 unspecified atom stereocenters. The maximum absolute atomic E-state index is 13.1. The molecule has 2 aromatic rings. The first kappa shape index (κ1) is 17.7. The van der Waals surface area contributed by atoms with Crippen LogP contribution in [0.4, 0.5) is 10.1 Å². The average Bonchev–Trinajstić information content (AvgIpc) is 2.64. The van der Waals surface area contributed by atoms with Gasteiger partial charge in [-0.3, -0.25) is 4.79 Å². The SMILES string of the molecule is CC(Oc1ccc(F)cc1Br)C(=O)N1CCN(c2ccccc2)CC1. The fraction of sp³-hybridized carbons (Fsp3) is 0.316. The van der Waals surface area contributed by atoms with E-state index in [4.69, 9.17) is 4.74 Å². The van der Waals surface area contributed by atoms with Crippen molar-refractivity contribution in [2.75, 3.05) is 31.1 Å². The van der Waals surface area contributed by atoms with Crippen molar-refractivity contribution in [2.45, 2.75) is 13.0 Å². The fourth-order valence-corrected chi connectivity index (χ4v) is 3.34. The van der Waals surface area contributed by atoms with Gasteiger partial charge in [0.15, 0.2) is 6.10 Å². The number of hydrogen-bond donors (Lipinski definition) is 0. The number of para-hydroxylation sites is 1. The number of halogens is 2. The molecule has 3 rings (SSSR count). The predicted molar refractivity (Wildman–Crippen MR) is 99.4 cm³/mol. The summed E-state index contributed by atoms with van der Waals surface area (Å²) in [4.78, 5) is 16.7. The molecule has 0 saturated carbocycles. The number of piperazine rings is 1. The summed E-state index contributed by atoms with van der Waals surface area (Å²) in [5, 5.41) is 0. The number of carbonyl (C=O) groups excluding carboxylic acids is 1. The van der Waals surface area contributed by atoms with Gasteiger partial charge in [0.1, 0.15) is 11.6 Å². The van der Waals surface area contributed by atoms with E-state index in [9.17, 15) is 9.18 Å². The van der Waals surface area contributed by atoms with Crippen molar-refractivity contribution >= 4 is 27.5 Å². The molecule has 0 N–H and O–H groups in total. The lowest BCUT2D eigenvalue weighted by atomic mass is 10.2. The highest BCUT2D eigenvalue weighted by atomic mass is 79.9. The molecule has 1 aliphatic rings. The van der Waals surface area contributed by atoms with Gasteiger partial charge in [0.25, 0.3) is 5.91 Å². The van der Waals surface area contributed by atoms with E-state index in [0.29, 0.717) is 23.3 Å². The molecule has 1 amide bonds. The third-order valence-electron chi connectivity index (χ3n) is 4.26. The van der Waals surface area contributed by atoms with Gasteiger partial charge in [-0.1, -0.05) is 18.2 Å². The van der Waals surface area contributed by atoms with Crippen molar-refractivity contribution in [1.82, 2.24) is 4.90 Å². The first-order valence-electron chi connectivity index (χ1n) is 8.25. The lowest BCUT2D eigenvalue weighted by molar-refractivity contribution is -0.138. The number of carbonyl (C=O) groups is 1. The first-order chi connectivity index (χ1) is 12.0. The van der Waals surface area contributed by atoms with Crippen LogP contribution in [0.5, 0.6) is 5.75 Å². The van der Waals surface area contributed by atoms with Crippen molar-refractivity contribution < 1.29 is 13.9 Å². The Labute approximate surface area is 155 Å². The minimum absolute atomic E-state index is 0.0519. The van der Waals surface area contributed by atoms with E-state index in [2.05, 4.69) is 33.0 Å². The van der Waals surface area contributed by atoms with Crippen LogP contribution in [0.1, 0.15) is 6.92 Å². The molecule has 0 bridgehead atoms. The molecule has 0 radical (unpaired) electrons. The molecular formula is C19H20BrFN2O2. The zero-order valence-electron chi connectivity index (χ0n) is 14.0. The largest absolute Gasteiger partial charge is 0.480 e. The highest BCUT2D eigenvalue weighted by molar-refractivity contribution is 9.10. The van der Waals surface area contributed by atoms with E-state index in [-0.39, 0.29) is 11.7 Å². The maximum Gasteiger partial charge on any atom is 0.263 e. The van der Waals surface area contributed by atoms with E-state index in [1.807, 2.05) is 23.1 Å². The molecule has 0 spiro atoms. The van der Waals surface area contributed by atoms with Crippen LogP contribution in [0.15, 0.2) is 53.0 Å². The maximum atomic E-state index is 13.1. The zero-order valence-corrected chi connectivity index (χ0v) is 15.6. The molecule has 1 fully saturated rings. The van der Waals surface area contributed by atoms with Crippen molar-refractivity contribution in [3.8, 4) is 5.75 Å². The van der Waals surface area contributed by atoms with E-state index in [1.165, 1.54) is 23.9 Å². The normalized spacial score (nSPS) is 15.8. The summed E-state index contributed by atoms with van der Waals surface area (Å²) in [6, 6.07) is 14.4. The molecule has 1 heterocycles. The van der Waals surface area contributed by atoms with Crippen molar-refractivity contribution in [2.24, 2.45) is 0 Å². The highest BCUT2D eigenvalue weighted by Gasteiger charge is 2.26. The molecular weight excluding hydrogens is 387 g/mol. The summed E-state index contributed by atoms with van der Waals surface area (Å²) in [5.74, 6) is 0.0596. The monoisotopic (exact) mass is 406 g/mol. The Morgan fingerprint density at radius 1 is 1.12 bits per heavy atom. The van der Waals surface area contributed by atoms with E-state index < -0.39 is 6.10 Å². The number of benzene rings is 2. The summed E-state index contributed by atoms with van der Waals surface area (Å²) in [6.07, 6.45) is -0.620. The lowest BCUT2D eigenvalue weighted by Gasteiger charge is -2.37. The van der Waals surface area contributed by atoms with Gasteiger partial charge in [0, 0.05) is 31.9 Å². The van der Waals surface area contributed by atoms with Gasteiger partial charge in [0.2, 0.25) is 0 Å². The molecule has 25 heavy (non-hydrogen) atoms. The molecule has 2 aromatic carbocycles. The minimum Gasteiger partial charge on any atom is -0.480 e. The van der Waals surface area contributed by atoms with Crippen LogP contribution < -0.4 is 9.64 Å². The number of nitrogens with zero attached hydrogens (tertiary/aromatic N) is 2. The number of amides is 1.